The number of amides is 1. The fourth-order valence-corrected chi connectivity index (χ4v) is 1.85. The van der Waals surface area contributed by atoms with Crippen LogP contribution in [-0.4, -0.2) is 10.9 Å². The summed E-state index contributed by atoms with van der Waals surface area (Å²) in [6.45, 7) is 1.86. The van der Waals surface area contributed by atoms with Crippen molar-refractivity contribution in [3.05, 3.63) is 35.7 Å². The molecule has 0 saturated carbocycles. The van der Waals surface area contributed by atoms with E-state index < -0.39 is 0 Å². The van der Waals surface area contributed by atoms with E-state index in [2.05, 4.69) is 10.3 Å². The smallest absolute Gasteiger partial charge is 0.228 e. The largest absolute Gasteiger partial charge is 0.441 e. The van der Waals surface area contributed by atoms with Gasteiger partial charge in [0.25, 0.3) is 0 Å². The molecule has 4 nitrogen and oxygen atoms in total. The lowest BCUT2D eigenvalue weighted by Gasteiger charge is -2.00. The summed E-state index contributed by atoms with van der Waals surface area (Å²) in [6, 6.07) is 5.73. The van der Waals surface area contributed by atoms with Crippen LogP contribution in [0.15, 0.2) is 28.8 Å². The van der Waals surface area contributed by atoms with E-state index in [1.165, 1.54) is 0 Å². The fourth-order valence-electron chi connectivity index (χ4n) is 1.85. The Morgan fingerprint density at radius 3 is 3.06 bits per heavy atom. The number of oxazole rings is 1. The Balaban J connectivity index is 2.05. The lowest BCUT2D eigenvalue weighted by Crippen LogP contribution is -2.03. The molecule has 0 aliphatic carbocycles. The normalized spacial score (nSPS) is 13.7. The van der Waals surface area contributed by atoms with Crippen molar-refractivity contribution >= 4 is 11.6 Å². The van der Waals surface area contributed by atoms with Gasteiger partial charge in [-0.05, 0) is 30.7 Å². The van der Waals surface area contributed by atoms with Crippen molar-refractivity contribution in [2.45, 2.75) is 13.3 Å². The summed E-state index contributed by atoms with van der Waals surface area (Å²) in [5, 5.41) is 2.79. The van der Waals surface area contributed by atoms with Crippen LogP contribution in [0.1, 0.15) is 11.3 Å². The molecule has 1 aliphatic heterocycles. The molecule has 2 aromatic rings. The molecule has 2 heterocycles. The molecule has 4 heteroatoms. The summed E-state index contributed by atoms with van der Waals surface area (Å²) in [7, 11) is 0. The maximum absolute atomic E-state index is 11.2. The van der Waals surface area contributed by atoms with Crippen LogP contribution >= 0.6 is 0 Å². The van der Waals surface area contributed by atoms with E-state index in [0.29, 0.717) is 12.3 Å². The molecular weight excluding hydrogens is 204 g/mol. The zero-order valence-corrected chi connectivity index (χ0v) is 8.78. The maximum Gasteiger partial charge on any atom is 0.228 e. The highest BCUT2D eigenvalue weighted by molar-refractivity contribution is 5.99. The average molecular weight is 214 g/mol. The monoisotopic (exact) mass is 214 g/mol. The summed E-state index contributed by atoms with van der Waals surface area (Å²) in [5.74, 6) is 1.42. The van der Waals surface area contributed by atoms with Crippen LogP contribution in [0.5, 0.6) is 0 Å². The Kier molecular flexibility index (Phi) is 1.83. The van der Waals surface area contributed by atoms with Gasteiger partial charge in [-0.2, -0.15) is 0 Å². The second-order valence-corrected chi connectivity index (χ2v) is 3.87. The van der Waals surface area contributed by atoms with E-state index in [1.807, 2.05) is 25.1 Å². The van der Waals surface area contributed by atoms with Crippen LogP contribution in [0.2, 0.25) is 0 Å². The number of fused-ring (bicyclic) bond motifs is 1. The lowest BCUT2D eigenvalue weighted by atomic mass is 10.1. The molecule has 1 N–H and O–H groups in total. The van der Waals surface area contributed by atoms with E-state index >= 15 is 0 Å². The zero-order valence-electron chi connectivity index (χ0n) is 8.78. The molecule has 1 amide bonds. The van der Waals surface area contributed by atoms with E-state index in [-0.39, 0.29) is 5.91 Å². The number of aryl methyl sites for hydroxylation is 1. The van der Waals surface area contributed by atoms with Gasteiger partial charge in [0.15, 0.2) is 0 Å². The van der Waals surface area contributed by atoms with E-state index in [0.717, 1.165) is 22.6 Å². The zero-order chi connectivity index (χ0) is 11.1. The van der Waals surface area contributed by atoms with Crippen molar-refractivity contribution < 1.29 is 9.21 Å². The molecule has 0 saturated heterocycles. The molecule has 0 spiro atoms. The molecule has 0 bridgehead atoms. The Morgan fingerprint density at radius 1 is 1.44 bits per heavy atom. The first-order chi connectivity index (χ1) is 7.72. The number of nitrogens with zero attached hydrogens (tertiary/aromatic N) is 1. The number of hydrogen-bond acceptors (Lipinski definition) is 3. The van der Waals surface area contributed by atoms with Gasteiger partial charge in [-0.3, -0.25) is 4.79 Å². The van der Waals surface area contributed by atoms with Crippen LogP contribution in [0, 0.1) is 6.92 Å². The first-order valence-corrected chi connectivity index (χ1v) is 5.08. The Bertz CT molecular complexity index is 572. The van der Waals surface area contributed by atoms with Crippen molar-refractivity contribution in [2.24, 2.45) is 0 Å². The molecular formula is C12H10N2O2. The van der Waals surface area contributed by atoms with Crippen LogP contribution in [0.25, 0.3) is 11.5 Å². The number of aromatic nitrogens is 1. The van der Waals surface area contributed by atoms with Crippen LogP contribution in [-0.2, 0) is 11.2 Å². The second-order valence-electron chi connectivity index (χ2n) is 3.87. The van der Waals surface area contributed by atoms with Gasteiger partial charge in [0.2, 0.25) is 11.8 Å². The topological polar surface area (TPSA) is 55.1 Å². The van der Waals surface area contributed by atoms with Gasteiger partial charge in [0.1, 0.15) is 5.76 Å². The summed E-state index contributed by atoms with van der Waals surface area (Å²) in [4.78, 5) is 15.4. The number of hydrogen-bond donors (Lipinski definition) is 1. The highest BCUT2D eigenvalue weighted by atomic mass is 16.4. The van der Waals surface area contributed by atoms with Crippen molar-refractivity contribution in [3.8, 4) is 11.5 Å². The lowest BCUT2D eigenvalue weighted by molar-refractivity contribution is -0.115. The number of anilines is 1. The molecule has 1 aliphatic rings. The van der Waals surface area contributed by atoms with Crippen molar-refractivity contribution in [2.75, 3.05) is 5.32 Å². The van der Waals surface area contributed by atoms with E-state index in [9.17, 15) is 4.79 Å². The molecule has 0 atom stereocenters. The van der Waals surface area contributed by atoms with Crippen LogP contribution < -0.4 is 5.32 Å². The maximum atomic E-state index is 11.2. The Morgan fingerprint density at radius 2 is 2.31 bits per heavy atom. The van der Waals surface area contributed by atoms with Crippen LogP contribution in [0.4, 0.5) is 5.69 Å². The molecule has 0 fully saturated rings. The third-order valence-electron chi connectivity index (χ3n) is 2.60. The second kappa shape index (κ2) is 3.20. The minimum Gasteiger partial charge on any atom is -0.441 e. The first kappa shape index (κ1) is 9.15. The number of benzene rings is 1. The summed E-state index contributed by atoms with van der Waals surface area (Å²) < 4.78 is 5.44. The Hall–Kier alpha value is -2.10. The van der Waals surface area contributed by atoms with Gasteiger partial charge in [-0.25, -0.2) is 4.98 Å². The quantitative estimate of drug-likeness (QED) is 0.791. The molecule has 0 unspecified atom stereocenters. The van der Waals surface area contributed by atoms with Crippen LogP contribution in [0.3, 0.4) is 0 Å². The number of carbonyl (C=O) groups excluding carboxylic acids is 1. The third kappa shape index (κ3) is 1.39. The van der Waals surface area contributed by atoms with Crippen molar-refractivity contribution in [1.29, 1.82) is 0 Å². The minimum atomic E-state index is 0.0377. The highest BCUT2D eigenvalue weighted by Gasteiger charge is 2.18. The molecule has 1 aromatic heterocycles. The van der Waals surface area contributed by atoms with Crippen molar-refractivity contribution in [1.82, 2.24) is 4.98 Å². The standard InChI is InChI=1S/C12H10N2O2/c1-7-6-13-12(16-7)8-2-3-10-9(4-8)5-11(15)14-10/h2-4,6H,5H2,1H3,(H,14,15). The first-order valence-electron chi connectivity index (χ1n) is 5.08. The molecule has 3 rings (SSSR count). The highest BCUT2D eigenvalue weighted by Crippen LogP contribution is 2.28. The summed E-state index contributed by atoms with van der Waals surface area (Å²) in [5.41, 5.74) is 2.79. The predicted molar refractivity (Wildman–Crippen MR) is 59.0 cm³/mol. The molecule has 1 aromatic carbocycles. The third-order valence-corrected chi connectivity index (χ3v) is 2.60. The molecule has 0 radical (unpaired) electrons. The Labute approximate surface area is 92.3 Å². The van der Waals surface area contributed by atoms with Crippen molar-refractivity contribution in [3.63, 3.8) is 0 Å². The number of nitrogens with one attached hydrogen (secondary N) is 1. The van der Waals surface area contributed by atoms with E-state index in [4.69, 9.17) is 4.42 Å². The number of rotatable bonds is 1. The van der Waals surface area contributed by atoms with Gasteiger partial charge in [0, 0.05) is 11.3 Å². The summed E-state index contributed by atoms with van der Waals surface area (Å²) >= 11 is 0. The van der Waals surface area contributed by atoms with Gasteiger partial charge >= 0.3 is 0 Å². The van der Waals surface area contributed by atoms with Gasteiger partial charge in [0.05, 0.1) is 12.6 Å². The van der Waals surface area contributed by atoms with Gasteiger partial charge < -0.3 is 9.73 Å². The minimum absolute atomic E-state index is 0.0377. The SMILES string of the molecule is Cc1cnc(-c2ccc3c(c2)CC(=O)N3)o1. The van der Waals surface area contributed by atoms with Gasteiger partial charge in [-0.1, -0.05) is 0 Å². The van der Waals surface area contributed by atoms with Gasteiger partial charge in [-0.15, -0.1) is 0 Å². The molecule has 80 valence electrons. The summed E-state index contributed by atoms with van der Waals surface area (Å²) in [6.07, 6.45) is 2.12. The fraction of sp³-hybridized carbons (Fsp3) is 0.167. The average Bonchev–Trinajstić information content (AvgIpc) is 2.81. The van der Waals surface area contributed by atoms with E-state index in [1.54, 1.807) is 6.20 Å². The molecule has 16 heavy (non-hydrogen) atoms. The number of carbonyl (C=O) groups is 1. The predicted octanol–water partition coefficient (Wildman–Crippen LogP) is 2.14.